The molecule has 0 amide bonds. The van der Waals surface area contributed by atoms with Crippen LogP contribution >= 0.6 is 0 Å². The molecular formula is C41H22N6O. The highest BCUT2D eigenvalue weighted by atomic mass is 16.3. The average Bonchev–Trinajstić information content (AvgIpc) is 3.70. The Kier molecular flexibility index (Phi) is 4.99. The number of hydrogen-bond donors (Lipinski definition) is 0. The molecular weight excluding hydrogens is 592 g/mol. The van der Waals surface area contributed by atoms with Gasteiger partial charge in [0.25, 0.3) is 0 Å². The summed E-state index contributed by atoms with van der Waals surface area (Å²) in [6.07, 6.45) is 1.70. The molecule has 48 heavy (non-hydrogen) atoms. The number of pyridine rings is 1. The van der Waals surface area contributed by atoms with Crippen molar-refractivity contribution < 1.29 is 4.42 Å². The molecule has 5 aromatic heterocycles. The minimum atomic E-state index is 0.398. The topological polar surface area (TPSA) is 82.0 Å². The first kappa shape index (κ1) is 25.5. The fourth-order valence-corrected chi connectivity index (χ4v) is 7.35. The monoisotopic (exact) mass is 614 g/mol. The summed E-state index contributed by atoms with van der Waals surface area (Å²) < 4.78 is 8.42. The van der Waals surface area contributed by atoms with E-state index < -0.39 is 0 Å². The Morgan fingerprint density at radius 3 is 2.00 bits per heavy atom. The van der Waals surface area contributed by atoms with E-state index in [1.165, 1.54) is 38.1 Å². The van der Waals surface area contributed by atoms with E-state index in [4.69, 9.17) is 24.4 Å². The van der Waals surface area contributed by atoms with Crippen LogP contribution in [0.2, 0.25) is 0 Å². The average molecular weight is 615 g/mol. The number of aromatic nitrogens is 6. The van der Waals surface area contributed by atoms with E-state index in [-0.39, 0.29) is 0 Å². The Labute approximate surface area is 272 Å². The molecule has 11 rings (SSSR count). The van der Waals surface area contributed by atoms with Crippen LogP contribution in [0.1, 0.15) is 0 Å². The zero-order valence-corrected chi connectivity index (χ0v) is 25.3. The van der Waals surface area contributed by atoms with Crippen molar-refractivity contribution in [1.29, 1.82) is 0 Å². The first-order chi connectivity index (χ1) is 23.8. The van der Waals surface area contributed by atoms with Gasteiger partial charge in [-0.1, -0.05) is 91.0 Å². The van der Waals surface area contributed by atoms with Gasteiger partial charge in [-0.2, -0.15) is 0 Å². The van der Waals surface area contributed by atoms with Crippen molar-refractivity contribution in [3.05, 3.63) is 134 Å². The van der Waals surface area contributed by atoms with E-state index in [9.17, 15) is 0 Å². The first-order valence-electron chi connectivity index (χ1n) is 15.8. The van der Waals surface area contributed by atoms with Crippen LogP contribution in [0, 0.1) is 0 Å². The lowest BCUT2D eigenvalue weighted by atomic mass is 9.97. The molecule has 0 fully saturated rings. The first-order valence-corrected chi connectivity index (χ1v) is 15.8. The highest BCUT2D eigenvalue weighted by molar-refractivity contribution is 6.27. The molecule has 0 N–H and O–H groups in total. The summed E-state index contributed by atoms with van der Waals surface area (Å²) >= 11 is 0. The predicted octanol–water partition coefficient (Wildman–Crippen LogP) is 9.87. The zero-order chi connectivity index (χ0) is 31.3. The van der Waals surface area contributed by atoms with Gasteiger partial charge in [0.1, 0.15) is 11.1 Å². The summed E-state index contributed by atoms with van der Waals surface area (Å²) in [4.78, 5) is 24.7. The Bertz CT molecular complexity index is 3070. The smallest absolute Gasteiger partial charge is 0.201 e. The van der Waals surface area contributed by atoms with E-state index in [1.54, 1.807) is 6.20 Å². The third-order valence-electron chi connectivity index (χ3n) is 9.43. The zero-order valence-electron chi connectivity index (χ0n) is 25.3. The lowest BCUT2D eigenvalue weighted by Gasteiger charge is -2.14. The van der Waals surface area contributed by atoms with E-state index in [2.05, 4.69) is 82.2 Å². The second-order valence-electron chi connectivity index (χ2n) is 12.1. The van der Waals surface area contributed by atoms with Crippen LogP contribution in [0.4, 0.5) is 0 Å². The summed E-state index contributed by atoms with van der Waals surface area (Å²) in [5, 5.41) is 8.04. The standard InChI is InChI=1S/C41H22N6O/c1-2-10-24(11-3-1)38-44-39(46-41(45-38)40-42-22-34-36(43-40)28-15-5-7-19-33(28)48-34)25-20-29-26-14-4-6-17-31(26)47-32-18-9-13-23-12-8-16-27(35(23)32)30(21-25)37(29)47/h1-22H. The van der Waals surface area contributed by atoms with Crippen LogP contribution in [0.5, 0.6) is 0 Å². The molecule has 0 aliphatic heterocycles. The van der Waals surface area contributed by atoms with E-state index in [0.29, 0.717) is 28.9 Å². The molecule has 0 bridgehead atoms. The van der Waals surface area contributed by atoms with Crippen molar-refractivity contribution >= 4 is 70.9 Å². The predicted molar refractivity (Wildman–Crippen MR) is 191 cm³/mol. The van der Waals surface area contributed by atoms with Gasteiger partial charge in [0.2, 0.25) is 5.82 Å². The number of nitrogens with zero attached hydrogens (tertiary/aromatic N) is 6. The molecule has 5 heterocycles. The van der Waals surface area contributed by atoms with Crippen molar-refractivity contribution in [3.63, 3.8) is 0 Å². The molecule has 222 valence electrons. The number of fused-ring (bicyclic) bond motifs is 8. The Balaban J connectivity index is 1.23. The Hall–Kier alpha value is -6.73. The number of para-hydroxylation sites is 2. The van der Waals surface area contributed by atoms with E-state index >= 15 is 0 Å². The number of benzene rings is 6. The summed E-state index contributed by atoms with van der Waals surface area (Å²) in [5.41, 5.74) is 7.44. The van der Waals surface area contributed by atoms with E-state index in [0.717, 1.165) is 38.4 Å². The summed E-state index contributed by atoms with van der Waals surface area (Å²) in [7, 11) is 0. The normalized spacial score (nSPS) is 12.2. The minimum Gasteiger partial charge on any atom is -0.453 e. The molecule has 0 saturated carbocycles. The van der Waals surface area contributed by atoms with Crippen LogP contribution in [-0.4, -0.2) is 29.3 Å². The summed E-state index contributed by atoms with van der Waals surface area (Å²) in [6, 6.07) is 44.0. The van der Waals surface area contributed by atoms with E-state index in [1.807, 2.05) is 54.6 Å². The van der Waals surface area contributed by atoms with Crippen molar-refractivity contribution in [2.75, 3.05) is 0 Å². The molecule has 7 nitrogen and oxygen atoms in total. The largest absolute Gasteiger partial charge is 0.453 e. The number of rotatable bonds is 3. The maximum absolute atomic E-state index is 6.01. The van der Waals surface area contributed by atoms with Gasteiger partial charge < -0.3 is 8.82 Å². The second kappa shape index (κ2) is 9.40. The van der Waals surface area contributed by atoms with Crippen molar-refractivity contribution in [1.82, 2.24) is 29.3 Å². The maximum atomic E-state index is 6.01. The number of hydrogen-bond acceptors (Lipinski definition) is 6. The van der Waals surface area contributed by atoms with Crippen molar-refractivity contribution in [2.24, 2.45) is 0 Å². The minimum absolute atomic E-state index is 0.398. The van der Waals surface area contributed by atoms with Gasteiger partial charge in [-0.15, -0.1) is 0 Å². The van der Waals surface area contributed by atoms with Gasteiger partial charge in [0.15, 0.2) is 23.1 Å². The Morgan fingerprint density at radius 1 is 0.458 bits per heavy atom. The second-order valence-corrected chi connectivity index (χ2v) is 12.1. The molecule has 6 aromatic carbocycles. The molecule has 0 radical (unpaired) electrons. The van der Waals surface area contributed by atoms with Crippen LogP contribution in [0.15, 0.2) is 138 Å². The van der Waals surface area contributed by atoms with Crippen molar-refractivity contribution in [3.8, 4) is 34.4 Å². The van der Waals surface area contributed by atoms with Gasteiger partial charge in [0, 0.05) is 38.1 Å². The Morgan fingerprint density at radius 2 is 1.12 bits per heavy atom. The SMILES string of the molecule is c1ccc(-c2nc(-c3cc4c5cccc6cccc(c65)n5c6ccccc6c(c3)c45)nc(-c3ncc4oc5ccccc5c4n3)n2)cc1. The van der Waals surface area contributed by atoms with Crippen LogP contribution in [0.3, 0.4) is 0 Å². The molecule has 0 aliphatic carbocycles. The van der Waals surface area contributed by atoms with Crippen LogP contribution < -0.4 is 0 Å². The molecule has 11 aromatic rings. The maximum Gasteiger partial charge on any atom is 0.201 e. The third kappa shape index (κ3) is 3.50. The molecule has 7 heteroatoms. The third-order valence-corrected chi connectivity index (χ3v) is 9.43. The highest BCUT2D eigenvalue weighted by Crippen LogP contribution is 2.42. The molecule has 0 unspecified atom stereocenters. The van der Waals surface area contributed by atoms with Gasteiger partial charge >= 0.3 is 0 Å². The molecule has 0 saturated heterocycles. The van der Waals surface area contributed by atoms with Gasteiger partial charge in [0.05, 0.1) is 22.7 Å². The summed E-state index contributed by atoms with van der Waals surface area (Å²) in [6.45, 7) is 0. The van der Waals surface area contributed by atoms with Crippen LogP contribution in [-0.2, 0) is 0 Å². The fraction of sp³-hybridized carbons (Fsp3) is 0. The lowest BCUT2D eigenvalue weighted by molar-refractivity contribution is 0.666. The lowest BCUT2D eigenvalue weighted by Crippen LogP contribution is -2.02. The number of furan rings is 1. The molecule has 0 atom stereocenters. The quantitative estimate of drug-likeness (QED) is 0.146. The highest BCUT2D eigenvalue weighted by Gasteiger charge is 2.21. The van der Waals surface area contributed by atoms with Gasteiger partial charge in [-0.25, -0.2) is 24.9 Å². The van der Waals surface area contributed by atoms with Gasteiger partial charge in [-0.05, 0) is 47.2 Å². The fourth-order valence-electron chi connectivity index (χ4n) is 7.35. The van der Waals surface area contributed by atoms with Gasteiger partial charge in [-0.3, -0.25) is 0 Å². The molecule has 0 spiro atoms. The summed E-state index contributed by atoms with van der Waals surface area (Å²) in [5.74, 6) is 1.92. The molecule has 0 aliphatic rings. The van der Waals surface area contributed by atoms with Crippen LogP contribution in [0.25, 0.3) is 105 Å². The van der Waals surface area contributed by atoms with Crippen molar-refractivity contribution in [2.45, 2.75) is 0 Å².